The first-order valence-electron chi connectivity index (χ1n) is 12.2. The van der Waals surface area contributed by atoms with Gasteiger partial charge in [-0.2, -0.15) is 0 Å². The number of nitrogens with zero attached hydrogens (tertiary/aromatic N) is 2. The Bertz CT molecular complexity index is 826. The average Bonchev–Trinajstić information content (AvgIpc) is 2.71. The Kier molecular flexibility index (Phi) is 11.8. The zero-order chi connectivity index (χ0) is 23.1. The zero-order valence-electron chi connectivity index (χ0n) is 22.3. The van der Waals surface area contributed by atoms with Crippen LogP contribution in [0.4, 0.5) is 11.4 Å². The number of hydrogen-bond donors (Lipinski definition) is 0. The summed E-state index contributed by atoms with van der Waals surface area (Å²) < 4.78 is 0. The van der Waals surface area contributed by atoms with Crippen LogP contribution < -0.4 is 18.9 Å². The first kappa shape index (κ1) is 28.5. The van der Waals surface area contributed by atoms with Gasteiger partial charge in [-0.1, -0.05) is 117 Å². The fourth-order valence-electron chi connectivity index (χ4n) is 4.01. The smallest absolute Gasteiger partial charge is 0.439 e. The molecule has 0 amide bonds. The summed E-state index contributed by atoms with van der Waals surface area (Å²) in [6.07, 6.45) is 3.15. The van der Waals surface area contributed by atoms with Gasteiger partial charge in [-0.05, 0) is 63.7 Å². The van der Waals surface area contributed by atoms with E-state index < -0.39 is 0 Å². The van der Waals surface area contributed by atoms with Crippen molar-refractivity contribution in [2.45, 2.75) is 105 Å². The number of benzene rings is 2. The van der Waals surface area contributed by atoms with Gasteiger partial charge in [0.05, 0.1) is 0 Å². The minimum atomic E-state index is 0. The van der Waals surface area contributed by atoms with Gasteiger partial charge in [0.25, 0.3) is 0 Å². The van der Waals surface area contributed by atoms with Crippen molar-refractivity contribution in [1.82, 2.24) is 0 Å². The van der Waals surface area contributed by atoms with E-state index in [1.165, 1.54) is 22.3 Å². The molecule has 32 heavy (non-hydrogen) atoms. The molecule has 0 bridgehead atoms. The summed E-state index contributed by atoms with van der Waals surface area (Å²) in [5.41, 5.74) is 7.53. The van der Waals surface area contributed by atoms with E-state index in [2.05, 4.69) is 98.7 Å². The Balaban J connectivity index is 0.00000512. The SMILES string of the molecule is CCCCC(=Nc1c(C(C)C)cccc1C(C)C)[N-]c1c(C(C)C)cccc1C(C)C.[Li+]. The normalized spacial score (nSPS) is 12.1. The summed E-state index contributed by atoms with van der Waals surface area (Å²) in [6.45, 7) is 20.3. The van der Waals surface area contributed by atoms with Crippen molar-refractivity contribution in [1.29, 1.82) is 0 Å². The van der Waals surface area contributed by atoms with Crippen LogP contribution in [0.1, 0.15) is 128 Å². The largest absolute Gasteiger partial charge is 1.00 e. The van der Waals surface area contributed by atoms with Gasteiger partial charge in [0.1, 0.15) is 0 Å². The van der Waals surface area contributed by atoms with Gasteiger partial charge >= 0.3 is 18.9 Å². The van der Waals surface area contributed by atoms with Gasteiger partial charge < -0.3 is 10.3 Å². The minimum Gasteiger partial charge on any atom is -0.439 e. The van der Waals surface area contributed by atoms with Crippen molar-refractivity contribution in [3.8, 4) is 0 Å². The molecule has 170 valence electrons. The molecule has 0 saturated carbocycles. The predicted octanol–water partition coefficient (Wildman–Crippen LogP) is 7.11. The standard InChI is InChI=1S/C29H43N2.Li/c1-10-11-18-27(30-28-23(19(2)3)14-12-15-24(28)20(4)5)31-29-25(21(6)7)16-13-17-26(29)22(8)9;/h12-17,19-22H,10-11,18H2,1-9H3;/q-1;+1. The van der Waals surface area contributed by atoms with Crippen molar-refractivity contribution in [2.24, 2.45) is 4.99 Å². The molecule has 0 saturated heterocycles. The number of rotatable bonds is 9. The van der Waals surface area contributed by atoms with Gasteiger partial charge in [-0.15, -0.1) is 0 Å². The third kappa shape index (κ3) is 7.26. The molecule has 0 spiro atoms. The van der Waals surface area contributed by atoms with Gasteiger partial charge in [0.2, 0.25) is 0 Å². The predicted molar refractivity (Wildman–Crippen MR) is 139 cm³/mol. The Morgan fingerprint density at radius 3 is 1.50 bits per heavy atom. The van der Waals surface area contributed by atoms with Crippen LogP contribution in [0.15, 0.2) is 41.4 Å². The number of aliphatic imine (C=N–C) groups is 1. The quantitative estimate of drug-likeness (QED) is 0.232. The van der Waals surface area contributed by atoms with Gasteiger partial charge in [-0.3, -0.25) is 0 Å². The second-order valence-electron chi connectivity index (χ2n) is 9.93. The Hall–Kier alpha value is -1.49. The summed E-state index contributed by atoms with van der Waals surface area (Å²) >= 11 is 0. The first-order valence-corrected chi connectivity index (χ1v) is 12.2. The van der Waals surface area contributed by atoms with Crippen LogP contribution in [0.3, 0.4) is 0 Å². The Morgan fingerprint density at radius 1 is 0.719 bits per heavy atom. The minimum absolute atomic E-state index is 0. The summed E-state index contributed by atoms with van der Waals surface area (Å²) in [5.74, 6) is 2.68. The molecule has 0 N–H and O–H groups in total. The number of unbranched alkanes of at least 4 members (excludes halogenated alkanes) is 1. The van der Waals surface area contributed by atoms with Gasteiger partial charge in [-0.25, -0.2) is 0 Å². The van der Waals surface area contributed by atoms with E-state index in [9.17, 15) is 0 Å². The Labute approximate surface area is 209 Å². The summed E-state index contributed by atoms with van der Waals surface area (Å²) in [5, 5.41) is 5.28. The van der Waals surface area contributed by atoms with Crippen molar-refractivity contribution in [3.05, 3.63) is 64.0 Å². The summed E-state index contributed by atoms with van der Waals surface area (Å²) in [6, 6.07) is 13.3. The van der Waals surface area contributed by atoms with E-state index in [4.69, 9.17) is 10.3 Å². The molecule has 0 aliphatic heterocycles. The second kappa shape index (κ2) is 13.3. The van der Waals surface area contributed by atoms with Crippen LogP contribution >= 0.6 is 0 Å². The zero-order valence-corrected chi connectivity index (χ0v) is 22.3. The number of amidine groups is 1. The van der Waals surface area contributed by atoms with Crippen molar-refractivity contribution in [3.63, 3.8) is 0 Å². The number of hydrogen-bond acceptors (Lipinski definition) is 1. The van der Waals surface area contributed by atoms with E-state index in [0.29, 0.717) is 23.7 Å². The van der Waals surface area contributed by atoms with Gasteiger partial charge in [0.15, 0.2) is 0 Å². The first-order chi connectivity index (χ1) is 14.7. The fourth-order valence-corrected chi connectivity index (χ4v) is 4.01. The maximum Gasteiger partial charge on any atom is 1.00 e. The summed E-state index contributed by atoms with van der Waals surface area (Å²) in [4.78, 5) is 5.28. The molecular weight excluding hydrogens is 383 g/mol. The second-order valence-corrected chi connectivity index (χ2v) is 9.93. The van der Waals surface area contributed by atoms with E-state index in [1.54, 1.807) is 0 Å². The average molecular weight is 427 g/mol. The third-order valence-electron chi connectivity index (χ3n) is 5.92. The van der Waals surface area contributed by atoms with Crippen LogP contribution in [0.2, 0.25) is 0 Å². The van der Waals surface area contributed by atoms with Crippen molar-refractivity contribution < 1.29 is 18.9 Å². The molecule has 2 nitrogen and oxygen atoms in total. The molecular formula is C29H43LiN2. The van der Waals surface area contributed by atoms with Crippen LogP contribution in [-0.2, 0) is 0 Å². The van der Waals surface area contributed by atoms with E-state index >= 15 is 0 Å². The molecule has 3 heteroatoms. The molecule has 0 atom stereocenters. The Morgan fingerprint density at radius 2 is 1.12 bits per heavy atom. The molecule has 0 radical (unpaired) electrons. The molecule has 2 rings (SSSR count). The van der Waals surface area contributed by atoms with Crippen molar-refractivity contribution in [2.75, 3.05) is 0 Å². The number of para-hydroxylation sites is 2. The third-order valence-corrected chi connectivity index (χ3v) is 5.92. The monoisotopic (exact) mass is 426 g/mol. The van der Waals surface area contributed by atoms with Crippen LogP contribution in [0, 0.1) is 0 Å². The van der Waals surface area contributed by atoms with Gasteiger partial charge in [0, 0.05) is 0 Å². The fraction of sp³-hybridized carbons (Fsp3) is 0.552. The summed E-state index contributed by atoms with van der Waals surface area (Å²) in [7, 11) is 0. The van der Waals surface area contributed by atoms with E-state index in [-0.39, 0.29) is 18.9 Å². The van der Waals surface area contributed by atoms with Crippen LogP contribution in [0.5, 0.6) is 0 Å². The van der Waals surface area contributed by atoms with E-state index in [1.807, 2.05) is 0 Å². The maximum atomic E-state index is 5.28. The maximum absolute atomic E-state index is 5.28. The van der Waals surface area contributed by atoms with Crippen LogP contribution in [-0.4, -0.2) is 5.84 Å². The molecule has 0 aliphatic carbocycles. The molecule has 2 aromatic rings. The topological polar surface area (TPSA) is 26.5 Å². The van der Waals surface area contributed by atoms with Crippen LogP contribution in [0.25, 0.3) is 5.32 Å². The molecule has 0 aromatic heterocycles. The molecule has 2 aromatic carbocycles. The molecule has 0 fully saturated rings. The van der Waals surface area contributed by atoms with Crippen molar-refractivity contribution >= 4 is 17.2 Å². The molecule has 0 heterocycles. The molecule has 0 aliphatic rings. The molecule has 0 unspecified atom stereocenters. The van der Waals surface area contributed by atoms with E-state index in [0.717, 1.165) is 36.5 Å².